The number of Topliss-reactive ketones (excluding diaryl/α,β-unsaturated/α-hetero) is 1. The number of fused-ring (bicyclic) bond motifs is 1. The van der Waals surface area contributed by atoms with Crippen molar-refractivity contribution in [3.05, 3.63) is 0 Å². The highest BCUT2D eigenvalue weighted by Crippen LogP contribution is 2.22. The van der Waals surface area contributed by atoms with Crippen molar-refractivity contribution in [3.8, 4) is 0 Å². The number of carbonyl (C=O) groups is 1. The molecule has 0 radical (unpaired) electrons. The molecule has 2 aliphatic rings. The molecule has 1 unspecified atom stereocenters. The van der Waals surface area contributed by atoms with Gasteiger partial charge in [0.1, 0.15) is 0 Å². The first-order valence-electron chi connectivity index (χ1n) is 5.95. The fourth-order valence-electron chi connectivity index (χ4n) is 2.68. The molecule has 2 aliphatic heterocycles. The maximum Gasteiger partial charge on any atom is 0.152 e. The summed E-state index contributed by atoms with van der Waals surface area (Å²) < 4.78 is 0. The fraction of sp³-hybridized carbons (Fsp3) is 0.917. The van der Waals surface area contributed by atoms with Crippen molar-refractivity contribution in [3.63, 3.8) is 0 Å². The fourth-order valence-corrected chi connectivity index (χ4v) is 2.68. The maximum absolute atomic E-state index is 11.7. The molecular weight excluding hydrogens is 188 g/mol. The molecule has 0 amide bonds. The second-order valence-corrected chi connectivity index (χ2v) is 6.06. The van der Waals surface area contributed by atoms with Crippen molar-refractivity contribution in [1.29, 1.82) is 0 Å². The predicted molar refractivity (Wildman–Crippen MR) is 60.9 cm³/mol. The lowest BCUT2D eigenvalue weighted by Gasteiger charge is -2.39. The van der Waals surface area contributed by atoms with Gasteiger partial charge < -0.3 is 0 Å². The van der Waals surface area contributed by atoms with Gasteiger partial charge in [0.15, 0.2) is 5.78 Å². The molecule has 2 fully saturated rings. The van der Waals surface area contributed by atoms with Gasteiger partial charge in [-0.2, -0.15) is 0 Å². The Balaban J connectivity index is 1.93. The van der Waals surface area contributed by atoms with E-state index in [1.54, 1.807) is 0 Å². The largest absolute Gasteiger partial charge is 0.300 e. The molecular formula is C12H22N2O. The summed E-state index contributed by atoms with van der Waals surface area (Å²) in [5, 5.41) is 0. The van der Waals surface area contributed by atoms with E-state index in [0.717, 1.165) is 39.1 Å². The van der Waals surface area contributed by atoms with E-state index in [9.17, 15) is 4.79 Å². The SMILES string of the molecule is CC(C)(C)CN1CCN2CCC(=O)C2C1. The zero-order chi connectivity index (χ0) is 11.1. The molecule has 1 atom stereocenters. The molecule has 0 aromatic carbocycles. The summed E-state index contributed by atoms with van der Waals surface area (Å²) in [5.74, 6) is 0.452. The van der Waals surface area contributed by atoms with Crippen molar-refractivity contribution < 1.29 is 4.79 Å². The van der Waals surface area contributed by atoms with Crippen LogP contribution in [0.15, 0.2) is 0 Å². The van der Waals surface area contributed by atoms with Crippen LogP contribution in [0.2, 0.25) is 0 Å². The summed E-state index contributed by atoms with van der Waals surface area (Å²) >= 11 is 0. The van der Waals surface area contributed by atoms with E-state index in [0.29, 0.717) is 11.2 Å². The molecule has 2 saturated heterocycles. The van der Waals surface area contributed by atoms with Gasteiger partial charge in [-0.1, -0.05) is 20.8 Å². The number of ketones is 1. The van der Waals surface area contributed by atoms with Crippen LogP contribution in [0.3, 0.4) is 0 Å². The van der Waals surface area contributed by atoms with Gasteiger partial charge in [-0.25, -0.2) is 0 Å². The summed E-state index contributed by atoms with van der Waals surface area (Å²) in [6.45, 7) is 12.0. The average Bonchev–Trinajstić information content (AvgIpc) is 2.45. The van der Waals surface area contributed by atoms with Crippen LogP contribution in [0.4, 0.5) is 0 Å². The Hall–Kier alpha value is -0.410. The normalized spacial score (nSPS) is 29.5. The number of hydrogen-bond donors (Lipinski definition) is 0. The highest BCUT2D eigenvalue weighted by molar-refractivity contribution is 5.86. The van der Waals surface area contributed by atoms with Crippen LogP contribution in [0.25, 0.3) is 0 Å². The van der Waals surface area contributed by atoms with Crippen molar-refractivity contribution in [2.45, 2.75) is 33.2 Å². The van der Waals surface area contributed by atoms with Gasteiger partial charge in [0.25, 0.3) is 0 Å². The summed E-state index contributed by atoms with van der Waals surface area (Å²) in [4.78, 5) is 16.4. The number of nitrogens with zero attached hydrogens (tertiary/aromatic N) is 2. The molecule has 0 saturated carbocycles. The Morgan fingerprint density at radius 2 is 2.00 bits per heavy atom. The maximum atomic E-state index is 11.7. The number of carbonyl (C=O) groups excluding carboxylic acids is 1. The zero-order valence-corrected chi connectivity index (χ0v) is 10.1. The van der Waals surface area contributed by atoms with E-state index < -0.39 is 0 Å². The van der Waals surface area contributed by atoms with Crippen molar-refractivity contribution in [1.82, 2.24) is 9.80 Å². The van der Waals surface area contributed by atoms with E-state index in [1.165, 1.54) is 0 Å². The van der Waals surface area contributed by atoms with Crippen LogP contribution in [0, 0.1) is 5.41 Å². The first kappa shape index (κ1) is 11.1. The minimum absolute atomic E-state index is 0.209. The van der Waals surface area contributed by atoms with Crippen LogP contribution in [0.5, 0.6) is 0 Å². The Kier molecular flexibility index (Phi) is 2.86. The number of rotatable bonds is 1. The summed E-state index contributed by atoms with van der Waals surface area (Å²) in [7, 11) is 0. The van der Waals surface area contributed by atoms with Crippen LogP contribution in [-0.4, -0.2) is 54.3 Å². The van der Waals surface area contributed by atoms with E-state index in [2.05, 4.69) is 30.6 Å². The standard InChI is InChI=1S/C12H22N2O/c1-12(2,3)9-13-6-7-14-5-4-11(15)10(14)8-13/h10H,4-9H2,1-3H3. The molecule has 0 aliphatic carbocycles. The summed E-state index contributed by atoms with van der Waals surface area (Å²) in [6, 6.07) is 0.209. The molecule has 2 heterocycles. The number of piperazine rings is 1. The molecule has 0 aromatic heterocycles. The third-order valence-electron chi connectivity index (χ3n) is 3.29. The highest BCUT2D eigenvalue weighted by Gasteiger charge is 2.37. The molecule has 0 aromatic rings. The van der Waals surface area contributed by atoms with Gasteiger partial charge in [0, 0.05) is 39.1 Å². The topological polar surface area (TPSA) is 23.6 Å². The van der Waals surface area contributed by atoms with Crippen LogP contribution in [-0.2, 0) is 4.79 Å². The van der Waals surface area contributed by atoms with Crippen molar-refractivity contribution >= 4 is 5.78 Å². The van der Waals surface area contributed by atoms with E-state index >= 15 is 0 Å². The summed E-state index contributed by atoms with van der Waals surface area (Å²) in [6.07, 6.45) is 0.772. The van der Waals surface area contributed by atoms with Crippen molar-refractivity contribution in [2.75, 3.05) is 32.7 Å². The molecule has 0 spiro atoms. The minimum Gasteiger partial charge on any atom is -0.300 e. The molecule has 0 bridgehead atoms. The minimum atomic E-state index is 0.209. The van der Waals surface area contributed by atoms with E-state index in [4.69, 9.17) is 0 Å². The first-order chi connectivity index (χ1) is 6.96. The van der Waals surface area contributed by atoms with Gasteiger partial charge >= 0.3 is 0 Å². The van der Waals surface area contributed by atoms with Crippen molar-refractivity contribution in [2.24, 2.45) is 5.41 Å². The Bertz CT molecular complexity index is 257. The number of hydrogen-bond acceptors (Lipinski definition) is 3. The second-order valence-electron chi connectivity index (χ2n) is 6.06. The lowest BCUT2D eigenvalue weighted by atomic mass is 9.95. The van der Waals surface area contributed by atoms with Crippen LogP contribution < -0.4 is 0 Å². The molecule has 15 heavy (non-hydrogen) atoms. The molecule has 3 heteroatoms. The molecule has 2 rings (SSSR count). The summed E-state index contributed by atoms with van der Waals surface area (Å²) in [5.41, 5.74) is 0.337. The van der Waals surface area contributed by atoms with E-state index in [1.807, 2.05) is 0 Å². The Morgan fingerprint density at radius 3 is 2.67 bits per heavy atom. The highest BCUT2D eigenvalue weighted by atomic mass is 16.1. The lowest BCUT2D eigenvalue weighted by Crippen LogP contribution is -2.53. The zero-order valence-electron chi connectivity index (χ0n) is 10.1. The quantitative estimate of drug-likeness (QED) is 0.645. The predicted octanol–water partition coefficient (Wildman–Crippen LogP) is 0.992. The first-order valence-corrected chi connectivity index (χ1v) is 5.95. The van der Waals surface area contributed by atoms with Gasteiger partial charge in [-0.15, -0.1) is 0 Å². The van der Waals surface area contributed by atoms with Gasteiger partial charge in [-0.3, -0.25) is 14.6 Å². The smallest absolute Gasteiger partial charge is 0.152 e. The average molecular weight is 210 g/mol. The van der Waals surface area contributed by atoms with Crippen LogP contribution in [0.1, 0.15) is 27.2 Å². The van der Waals surface area contributed by atoms with E-state index in [-0.39, 0.29) is 6.04 Å². The molecule has 0 N–H and O–H groups in total. The van der Waals surface area contributed by atoms with Gasteiger partial charge in [0.2, 0.25) is 0 Å². The Labute approximate surface area is 92.4 Å². The third-order valence-corrected chi connectivity index (χ3v) is 3.29. The lowest BCUT2D eigenvalue weighted by molar-refractivity contribution is -0.121. The monoisotopic (exact) mass is 210 g/mol. The van der Waals surface area contributed by atoms with Crippen LogP contribution >= 0.6 is 0 Å². The third kappa shape index (κ3) is 2.58. The Morgan fingerprint density at radius 1 is 1.27 bits per heavy atom. The second kappa shape index (κ2) is 3.87. The van der Waals surface area contributed by atoms with Gasteiger partial charge in [0.05, 0.1) is 6.04 Å². The molecule has 86 valence electrons. The molecule has 3 nitrogen and oxygen atoms in total. The van der Waals surface area contributed by atoms with Gasteiger partial charge in [-0.05, 0) is 5.41 Å².